The molecule has 84 valence electrons. The molecule has 0 bridgehead atoms. The Morgan fingerprint density at radius 1 is 1.47 bits per heavy atom. The molecule has 0 amide bonds. The Kier molecular flexibility index (Phi) is 4.11. The summed E-state index contributed by atoms with van der Waals surface area (Å²) in [6, 6.07) is 5.43. The van der Waals surface area contributed by atoms with Gasteiger partial charge in [-0.1, -0.05) is 6.07 Å². The van der Waals surface area contributed by atoms with E-state index in [2.05, 4.69) is 21.2 Å². The van der Waals surface area contributed by atoms with Crippen molar-refractivity contribution in [2.45, 2.75) is 19.5 Å². The molecule has 4 heteroatoms. The topological polar surface area (TPSA) is 38.0 Å². The molecule has 0 atom stereocenters. The van der Waals surface area contributed by atoms with E-state index in [0.717, 1.165) is 10.2 Å². The van der Waals surface area contributed by atoms with Crippen molar-refractivity contribution in [1.82, 2.24) is 0 Å². The zero-order chi connectivity index (χ0) is 11.5. The molecule has 1 aromatic rings. The molecule has 1 rings (SSSR count). The van der Waals surface area contributed by atoms with Crippen LogP contribution in [0.4, 0.5) is 10.1 Å². The smallest absolute Gasteiger partial charge is 0.130 e. The van der Waals surface area contributed by atoms with Crippen LogP contribution in [0, 0.1) is 0 Å². The van der Waals surface area contributed by atoms with E-state index < -0.39 is 5.67 Å². The first-order chi connectivity index (χ1) is 6.95. The van der Waals surface area contributed by atoms with Gasteiger partial charge in [0.1, 0.15) is 5.67 Å². The first-order valence-electron chi connectivity index (χ1n) is 4.88. The second-order valence-corrected chi connectivity index (χ2v) is 4.74. The van der Waals surface area contributed by atoms with Crippen LogP contribution in [0.15, 0.2) is 22.7 Å². The van der Waals surface area contributed by atoms with Crippen LogP contribution in [0.2, 0.25) is 0 Å². The minimum Gasteiger partial charge on any atom is -0.383 e. The highest BCUT2D eigenvalue weighted by atomic mass is 79.9. The van der Waals surface area contributed by atoms with Crippen molar-refractivity contribution in [3.8, 4) is 0 Å². The highest BCUT2D eigenvalue weighted by Crippen LogP contribution is 2.30. The normalized spacial score (nSPS) is 11.5. The largest absolute Gasteiger partial charge is 0.383 e. The molecule has 0 fully saturated rings. The van der Waals surface area contributed by atoms with E-state index >= 15 is 0 Å². The maximum atomic E-state index is 13.6. The van der Waals surface area contributed by atoms with Crippen molar-refractivity contribution < 1.29 is 4.39 Å². The number of alkyl halides is 1. The number of nitrogens with one attached hydrogen (secondary N) is 1. The van der Waals surface area contributed by atoms with Gasteiger partial charge < -0.3 is 11.1 Å². The van der Waals surface area contributed by atoms with Crippen LogP contribution in [0.3, 0.4) is 0 Å². The number of halogens is 2. The Hall–Kier alpha value is -0.610. The molecule has 0 saturated carbocycles. The minimum absolute atomic E-state index is 0.572. The van der Waals surface area contributed by atoms with Gasteiger partial charge in [-0.25, -0.2) is 4.39 Å². The van der Waals surface area contributed by atoms with Crippen molar-refractivity contribution in [1.29, 1.82) is 0 Å². The molecule has 1 aromatic carbocycles. The standard InChI is InChI=1S/C11H16BrFN2/c1-11(2,13)8-3-4-10(9(12)7-8)15-6-5-14/h3-4,7,15H,5-6,14H2,1-2H3. The van der Waals surface area contributed by atoms with Gasteiger partial charge in [0, 0.05) is 23.2 Å². The molecule has 0 saturated heterocycles. The van der Waals surface area contributed by atoms with Gasteiger partial charge in [0.25, 0.3) is 0 Å². The monoisotopic (exact) mass is 274 g/mol. The zero-order valence-corrected chi connectivity index (χ0v) is 10.6. The molecule has 0 spiro atoms. The molecule has 0 aliphatic carbocycles. The Bertz CT molecular complexity index is 334. The van der Waals surface area contributed by atoms with Gasteiger partial charge >= 0.3 is 0 Å². The lowest BCUT2D eigenvalue weighted by Gasteiger charge is -2.16. The van der Waals surface area contributed by atoms with E-state index in [-0.39, 0.29) is 0 Å². The van der Waals surface area contributed by atoms with E-state index in [1.807, 2.05) is 6.07 Å². The zero-order valence-electron chi connectivity index (χ0n) is 8.98. The van der Waals surface area contributed by atoms with Crippen LogP contribution < -0.4 is 11.1 Å². The highest BCUT2D eigenvalue weighted by molar-refractivity contribution is 9.10. The summed E-state index contributed by atoms with van der Waals surface area (Å²) < 4.78 is 14.5. The number of nitrogens with two attached hydrogens (primary N) is 1. The van der Waals surface area contributed by atoms with Crippen molar-refractivity contribution in [3.05, 3.63) is 28.2 Å². The van der Waals surface area contributed by atoms with Crippen LogP contribution >= 0.6 is 15.9 Å². The first-order valence-corrected chi connectivity index (χ1v) is 5.67. The predicted octanol–water partition coefficient (Wildman–Crippen LogP) is 3.02. The molecule has 3 N–H and O–H groups in total. The van der Waals surface area contributed by atoms with Crippen molar-refractivity contribution in [2.24, 2.45) is 5.73 Å². The first kappa shape index (κ1) is 12.5. The molecule has 0 heterocycles. The summed E-state index contributed by atoms with van der Waals surface area (Å²) in [5.41, 5.74) is 5.68. The van der Waals surface area contributed by atoms with Crippen LogP contribution in [-0.4, -0.2) is 13.1 Å². The molecule has 0 radical (unpaired) electrons. The van der Waals surface area contributed by atoms with Gasteiger partial charge in [-0.3, -0.25) is 0 Å². The fraction of sp³-hybridized carbons (Fsp3) is 0.455. The summed E-state index contributed by atoms with van der Waals surface area (Å²) in [4.78, 5) is 0. The van der Waals surface area contributed by atoms with E-state index in [4.69, 9.17) is 5.73 Å². The average Bonchev–Trinajstić information content (AvgIpc) is 2.14. The second kappa shape index (κ2) is 4.94. The second-order valence-electron chi connectivity index (χ2n) is 3.88. The molecule has 0 aromatic heterocycles. The summed E-state index contributed by atoms with van der Waals surface area (Å²) in [6.07, 6.45) is 0. The summed E-state index contributed by atoms with van der Waals surface area (Å²) in [5.74, 6) is 0. The molecular weight excluding hydrogens is 259 g/mol. The Morgan fingerprint density at radius 2 is 2.13 bits per heavy atom. The Balaban J connectivity index is 2.88. The van der Waals surface area contributed by atoms with Gasteiger partial charge in [-0.05, 0) is 47.5 Å². The fourth-order valence-electron chi connectivity index (χ4n) is 1.24. The molecular formula is C11H16BrFN2. The van der Waals surface area contributed by atoms with Crippen molar-refractivity contribution in [3.63, 3.8) is 0 Å². The fourth-order valence-corrected chi connectivity index (χ4v) is 1.75. The number of anilines is 1. The van der Waals surface area contributed by atoms with Crippen molar-refractivity contribution >= 4 is 21.6 Å². The highest BCUT2D eigenvalue weighted by Gasteiger charge is 2.19. The quantitative estimate of drug-likeness (QED) is 0.886. The van der Waals surface area contributed by atoms with Gasteiger partial charge in [0.15, 0.2) is 0 Å². The molecule has 0 aliphatic heterocycles. The summed E-state index contributed by atoms with van der Waals surface area (Å²) in [7, 11) is 0. The lowest BCUT2D eigenvalue weighted by atomic mass is 10.0. The molecule has 0 aliphatic rings. The lowest BCUT2D eigenvalue weighted by Crippen LogP contribution is -2.14. The van der Waals surface area contributed by atoms with E-state index in [0.29, 0.717) is 18.7 Å². The number of hydrogen-bond acceptors (Lipinski definition) is 2. The van der Waals surface area contributed by atoms with Gasteiger partial charge in [-0.2, -0.15) is 0 Å². The van der Waals surface area contributed by atoms with Crippen LogP contribution in [0.5, 0.6) is 0 Å². The van der Waals surface area contributed by atoms with Crippen LogP contribution in [0.25, 0.3) is 0 Å². The predicted molar refractivity (Wildman–Crippen MR) is 65.8 cm³/mol. The third-order valence-electron chi connectivity index (χ3n) is 2.12. The number of rotatable bonds is 4. The number of benzene rings is 1. The third-order valence-corrected chi connectivity index (χ3v) is 2.77. The summed E-state index contributed by atoms with van der Waals surface area (Å²) in [5, 5.41) is 3.15. The molecule has 15 heavy (non-hydrogen) atoms. The average molecular weight is 275 g/mol. The molecule has 0 unspecified atom stereocenters. The minimum atomic E-state index is -1.31. The van der Waals surface area contributed by atoms with E-state index in [1.165, 1.54) is 0 Å². The van der Waals surface area contributed by atoms with E-state index in [1.54, 1.807) is 26.0 Å². The van der Waals surface area contributed by atoms with Gasteiger partial charge in [-0.15, -0.1) is 0 Å². The third kappa shape index (κ3) is 3.47. The van der Waals surface area contributed by atoms with Crippen LogP contribution in [-0.2, 0) is 5.67 Å². The van der Waals surface area contributed by atoms with Crippen LogP contribution in [0.1, 0.15) is 19.4 Å². The summed E-state index contributed by atoms with van der Waals surface area (Å²) in [6.45, 7) is 4.36. The van der Waals surface area contributed by atoms with Gasteiger partial charge in [0.05, 0.1) is 0 Å². The summed E-state index contributed by atoms with van der Waals surface area (Å²) >= 11 is 3.40. The Morgan fingerprint density at radius 3 is 2.60 bits per heavy atom. The molecule has 2 nitrogen and oxygen atoms in total. The van der Waals surface area contributed by atoms with Crippen molar-refractivity contribution in [2.75, 3.05) is 18.4 Å². The Labute approximate surface area is 98.2 Å². The van der Waals surface area contributed by atoms with Gasteiger partial charge in [0.2, 0.25) is 0 Å². The number of hydrogen-bond donors (Lipinski definition) is 2. The SMILES string of the molecule is CC(C)(F)c1ccc(NCCN)c(Br)c1. The maximum Gasteiger partial charge on any atom is 0.130 e. The maximum absolute atomic E-state index is 13.6. The van der Waals surface area contributed by atoms with E-state index in [9.17, 15) is 4.39 Å². The lowest BCUT2D eigenvalue weighted by molar-refractivity contribution is 0.221.